The van der Waals surface area contributed by atoms with Crippen molar-refractivity contribution in [3.63, 3.8) is 0 Å². The second-order valence-electron chi connectivity index (χ2n) is 4.62. The maximum Gasteiger partial charge on any atom is 0.166 e. The van der Waals surface area contributed by atoms with Crippen LogP contribution in [0.1, 0.15) is 17.0 Å². The van der Waals surface area contributed by atoms with Gasteiger partial charge in [0, 0.05) is 18.7 Å². The number of hydrogen-bond acceptors (Lipinski definition) is 3. The maximum absolute atomic E-state index is 9.18. The standard InChI is InChI=1S/C14H14N4/c1-17-8-7-12-13(9-15)16-18(14(12)10-17)11-5-3-2-4-6-11/h2-6H,7-8,10H2,1H3. The van der Waals surface area contributed by atoms with Crippen LogP contribution in [0.2, 0.25) is 0 Å². The van der Waals surface area contributed by atoms with Crippen LogP contribution in [0, 0.1) is 11.3 Å². The van der Waals surface area contributed by atoms with Gasteiger partial charge in [0.05, 0.1) is 11.4 Å². The van der Waals surface area contributed by atoms with E-state index in [1.807, 2.05) is 35.0 Å². The first-order valence-electron chi connectivity index (χ1n) is 6.04. The number of nitriles is 1. The van der Waals surface area contributed by atoms with Crippen molar-refractivity contribution in [1.82, 2.24) is 14.7 Å². The summed E-state index contributed by atoms with van der Waals surface area (Å²) >= 11 is 0. The van der Waals surface area contributed by atoms with E-state index < -0.39 is 0 Å². The number of benzene rings is 1. The topological polar surface area (TPSA) is 44.9 Å². The number of likely N-dealkylation sites (N-methyl/N-ethyl adjacent to an activating group) is 1. The Morgan fingerprint density at radius 3 is 2.78 bits per heavy atom. The smallest absolute Gasteiger partial charge is 0.166 e. The van der Waals surface area contributed by atoms with E-state index in [0.717, 1.165) is 36.5 Å². The zero-order chi connectivity index (χ0) is 12.5. The first-order chi connectivity index (χ1) is 8.79. The van der Waals surface area contributed by atoms with Crippen molar-refractivity contribution in [3.8, 4) is 11.8 Å². The molecule has 0 saturated heterocycles. The monoisotopic (exact) mass is 238 g/mol. The van der Waals surface area contributed by atoms with Gasteiger partial charge in [-0.05, 0) is 25.6 Å². The Hall–Kier alpha value is -2.12. The largest absolute Gasteiger partial charge is 0.300 e. The minimum atomic E-state index is 0.571. The summed E-state index contributed by atoms with van der Waals surface area (Å²) in [7, 11) is 2.09. The van der Waals surface area contributed by atoms with Gasteiger partial charge in [0.1, 0.15) is 6.07 Å². The molecule has 0 bridgehead atoms. The Labute approximate surface area is 106 Å². The van der Waals surface area contributed by atoms with Crippen LogP contribution in [0.4, 0.5) is 0 Å². The highest BCUT2D eigenvalue weighted by atomic mass is 15.3. The van der Waals surface area contributed by atoms with E-state index in [1.54, 1.807) is 0 Å². The van der Waals surface area contributed by atoms with Gasteiger partial charge in [-0.15, -0.1) is 0 Å². The third-order valence-corrected chi connectivity index (χ3v) is 3.36. The molecule has 2 heterocycles. The fourth-order valence-electron chi connectivity index (χ4n) is 2.42. The van der Waals surface area contributed by atoms with E-state index in [2.05, 4.69) is 23.1 Å². The molecule has 1 aromatic heterocycles. The van der Waals surface area contributed by atoms with Crippen molar-refractivity contribution in [2.45, 2.75) is 13.0 Å². The van der Waals surface area contributed by atoms with Crippen LogP contribution in [0.5, 0.6) is 0 Å². The van der Waals surface area contributed by atoms with Crippen molar-refractivity contribution in [2.24, 2.45) is 0 Å². The Bertz CT molecular complexity index is 607. The van der Waals surface area contributed by atoms with Gasteiger partial charge in [0.25, 0.3) is 0 Å². The Balaban J connectivity index is 2.17. The average molecular weight is 238 g/mol. The molecule has 4 heteroatoms. The molecule has 0 fully saturated rings. The number of para-hydroxylation sites is 1. The number of hydrogen-bond donors (Lipinski definition) is 0. The van der Waals surface area contributed by atoms with Gasteiger partial charge in [-0.1, -0.05) is 18.2 Å². The highest BCUT2D eigenvalue weighted by Crippen LogP contribution is 2.24. The molecular weight excluding hydrogens is 224 g/mol. The molecule has 0 radical (unpaired) electrons. The first-order valence-corrected chi connectivity index (χ1v) is 6.04. The molecule has 0 spiro atoms. The molecule has 0 N–H and O–H groups in total. The quantitative estimate of drug-likeness (QED) is 0.760. The molecule has 90 valence electrons. The molecule has 2 aromatic rings. The fourth-order valence-corrected chi connectivity index (χ4v) is 2.42. The molecule has 0 amide bonds. The maximum atomic E-state index is 9.18. The lowest BCUT2D eigenvalue weighted by molar-refractivity contribution is 0.305. The molecule has 1 aromatic carbocycles. The van der Waals surface area contributed by atoms with Crippen molar-refractivity contribution in [2.75, 3.05) is 13.6 Å². The van der Waals surface area contributed by atoms with Crippen LogP contribution in [0.3, 0.4) is 0 Å². The Morgan fingerprint density at radius 2 is 2.06 bits per heavy atom. The molecule has 0 atom stereocenters. The first kappa shape index (κ1) is 11.0. The van der Waals surface area contributed by atoms with Gasteiger partial charge in [0.15, 0.2) is 5.69 Å². The van der Waals surface area contributed by atoms with Crippen LogP contribution in [0.25, 0.3) is 5.69 Å². The van der Waals surface area contributed by atoms with Crippen LogP contribution in [-0.2, 0) is 13.0 Å². The summed E-state index contributed by atoms with van der Waals surface area (Å²) in [6, 6.07) is 12.2. The minimum absolute atomic E-state index is 0.571. The second kappa shape index (κ2) is 4.28. The van der Waals surface area contributed by atoms with E-state index in [-0.39, 0.29) is 0 Å². The Kier molecular flexibility index (Phi) is 2.62. The van der Waals surface area contributed by atoms with Gasteiger partial charge >= 0.3 is 0 Å². The van der Waals surface area contributed by atoms with E-state index in [0.29, 0.717) is 5.69 Å². The predicted molar refractivity (Wildman–Crippen MR) is 68.3 cm³/mol. The van der Waals surface area contributed by atoms with Crippen LogP contribution < -0.4 is 0 Å². The fraction of sp³-hybridized carbons (Fsp3) is 0.286. The number of aromatic nitrogens is 2. The molecule has 1 aliphatic heterocycles. The SMILES string of the molecule is CN1CCc2c(C#N)nn(-c3ccccc3)c2C1. The summed E-state index contributed by atoms with van der Waals surface area (Å²) in [6.07, 6.45) is 0.904. The third kappa shape index (κ3) is 1.69. The van der Waals surface area contributed by atoms with Crippen LogP contribution in [-0.4, -0.2) is 28.3 Å². The highest BCUT2D eigenvalue weighted by molar-refractivity contribution is 5.42. The molecule has 18 heavy (non-hydrogen) atoms. The summed E-state index contributed by atoms with van der Waals surface area (Å²) in [5.41, 5.74) is 3.85. The molecular formula is C14H14N4. The normalized spacial score (nSPS) is 15.1. The predicted octanol–water partition coefficient (Wildman–Crippen LogP) is 1.73. The highest BCUT2D eigenvalue weighted by Gasteiger charge is 2.23. The lowest BCUT2D eigenvalue weighted by atomic mass is 10.1. The van der Waals surface area contributed by atoms with Gasteiger partial charge in [-0.3, -0.25) is 0 Å². The lowest BCUT2D eigenvalue weighted by Gasteiger charge is -2.23. The zero-order valence-electron chi connectivity index (χ0n) is 10.3. The van der Waals surface area contributed by atoms with E-state index in [4.69, 9.17) is 0 Å². The minimum Gasteiger partial charge on any atom is -0.300 e. The van der Waals surface area contributed by atoms with Crippen molar-refractivity contribution < 1.29 is 0 Å². The molecule has 0 aliphatic carbocycles. The van der Waals surface area contributed by atoms with Crippen molar-refractivity contribution >= 4 is 0 Å². The molecule has 0 saturated carbocycles. The van der Waals surface area contributed by atoms with Gasteiger partial charge in [-0.25, -0.2) is 4.68 Å². The van der Waals surface area contributed by atoms with Gasteiger partial charge in [-0.2, -0.15) is 10.4 Å². The molecule has 4 nitrogen and oxygen atoms in total. The Morgan fingerprint density at radius 1 is 1.28 bits per heavy atom. The van der Waals surface area contributed by atoms with E-state index in [9.17, 15) is 5.26 Å². The van der Waals surface area contributed by atoms with Crippen molar-refractivity contribution in [3.05, 3.63) is 47.3 Å². The number of rotatable bonds is 1. The average Bonchev–Trinajstić information content (AvgIpc) is 2.77. The zero-order valence-corrected chi connectivity index (χ0v) is 10.3. The second-order valence-corrected chi connectivity index (χ2v) is 4.62. The summed E-state index contributed by atoms with van der Waals surface area (Å²) in [5.74, 6) is 0. The van der Waals surface area contributed by atoms with Crippen LogP contribution >= 0.6 is 0 Å². The summed E-state index contributed by atoms with van der Waals surface area (Å²) in [5, 5.41) is 13.6. The van der Waals surface area contributed by atoms with Crippen molar-refractivity contribution in [1.29, 1.82) is 5.26 Å². The number of fused-ring (bicyclic) bond motifs is 1. The lowest BCUT2D eigenvalue weighted by Crippen LogP contribution is -2.27. The molecule has 1 aliphatic rings. The summed E-state index contributed by atoms with van der Waals surface area (Å²) < 4.78 is 1.91. The summed E-state index contributed by atoms with van der Waals surface area (Å²) in [6.45, 7) is 1.83. The number of nitrogens with zero attached hydrogens (tertiary/aromatic N) is 4. The van der Waals surface area contributed by atoms with E-state index >= 15 is 0 Å². The molecule has 3 rings (SSSR count). The van der Waals surface area contributed by atoms with Gasteiger partial charge < -0.3 is 4.90 Å². The van der Waals surface area contributed by atoms with Gasteiger partial charge in [0.2, 0.25) is 0 Å². The molecule has 0 unspecified atom stereocenters. The summed E-state index contributed by atoms with van der Waals surface area (Å²) in [4.78, 5) is 2.25. The third-order valence-electron chi connectivity index (χ3n) is 3.36. The van der Waals surface area contributed by atoms with Crippen LogP contribution in [0.15, 0.2) is 30.3 Å². The van der Waals surface area contributed by atoms with E-state index in [1.165, 1.54) is 0 Å².